The zero-order valence-corrected chi connectivity index (χ0v) is 51.9. The van der Waals surface area contributed by atoms with E-state index >= 15 is 0 Å². The van der Waals surface area contributed by atoms with Gasteiger partial charge in [0.05, 0.1) is 0 Å². The average molecular weight is 1050 g/mol. The highest BCUT2D eigenvalue weighted by Gasteiger charge is 2.21. The molecule has 0 aromatic heterocycles. The van der Waals surface area contributed by atoms with Crippen LogP contribution in [0, 0.1) is 11.8 Å². The van der Waals surface area contributed by atoms with Crippen molar-refractivity contribution in [3.63, 3.8) is 0 Å². The van der Waals surface area contributed by atoms with E-state index in [1.54, 1.807) is 0 Å². The zero-order valence-electron chi connectivity index (χ0n) is 51.9. The maximum atomic E-state index is 2.27. The minimum atomic E-state index is 0.833. The lowest BCUT2D eigenvalue weighted by Gasteiger charge is -2.20. The highest BCUT2D eigenvalue weighted by Crippen LogP contribution is 2.49. The Kier molecular flexibility index (Phi) is 24.5. The Balaban J connectivity index is 0.000000195. The predicted octanol–water partition coefficient (Wildman–Crippen LogP) is 26.7. The molecule has 0 amide bonds. The van der Waals surface area contributed by atoms with Gasteiger partial charge in [-0.15, -0.1) is 0 Å². The average Bonchev–Trinajstić information content (AvgIpc) is 3.71. The summed E-state index contributed by atoms with van der Waals surface area (Å²) in [5.41, 5.74) is 0. The summed E-state index contributed by atoms with van der Waals surface area (Å²) < 4.78 is 0. The van der Waals surface area contributed by atoms with Gasteiger partial charge in [0.15, 0.2) is 0 Å². The summed E-state index contributed by atoms with van der Waals surface area (Å²) >= 11 is 0. The van der Waals surface area contributed by atoms with Gasteiger partial charge >= 0.3 is 0 Å². The first-order valence-electron chi connectivity index (χ1n) is 30.4. The van der Waals surface area contributed by atoms with Crippen molar-refractivity contribution in [1.29, 1.82) is 0 Å². The number of hydrogen-bond acceptors (Lipinski definition) is 0. The van der Waals surface area contributed by atoms with E-state index in [4.69, 9.17) is 0 Å². The van der Waals surface area contributed by atoms with Gasteiger partial charge in [0.2, 0.25) is 0 Å². The van der Waals surface area contributed by atoms with E-state index in [1.165, 1.54) is 129 Å². The minimum absolute atomic E-state index is 0.833. The molecular weight excluding hydrogens is 961 g/mol. The molecule has 0 spiro atoms. The molecule has 0 nitrogen and oxygen atoms in total. The third kappa shape index (κ3) is 13.1. The quantitative estimate of drug-likeness (QED) is 0.105. The summed E-state index contributed by atoms with van der Waals surface area (Å²) in [5, 5.41) is 33.4. The fourth-order valence-electron chi connectivity index (χ4n) is 10.6. The highest BCUT2D eigenvalue weighted by atomic mass is 14.2. The molecule has 0 radical (unpaired) electrons. The largest absolute Gasteiger partial charge is 0.0683 e. The molecule has 0 heterocycles. The van der Waals surface area contributed by atoms with E-state index in [1.807, 2.05) is 156 Å². The lowest BCUT2D eigenvalue weighted by atomic mass is 9.83. The van der Waals surface area contributed by atoms with Gasteiger partial charge in [0.25, 0.3) is 0 Å². The molecule has 0 heteroatoms. The van der Waals surface area contributed by atoms with Crippen LogP contribution in [0.5, 0.6) is 0 Å². The van der Waals surface area contributed by atoms with Crippen LogP contribution in [-0.2, 0) is 0 Å². The van der Waals surface area contributed by atoms with Gasteiger partial charge in [-0.05, 0) is 141 Å². The van der Waals surface area contributed by atoms with Crippen molar-refractivity contribution in [3.8, 4) is 0 Å². The van der Waals surface area contributed by atoms with Crippen LogP contribution >= 0.6 is 0 Å². The molecule has 0 unspecified atom stereocenters. The molecule has 0 N–H and O–H groups in total. The number of rotatable bonds is 0. The second-order valence-corrected chi connectivity index (χ2v) is 19.7. The topological polar surface area (TPSA) is 0 Å². The molecule has 0 aliphatic rings. The molecule has 0 aliphatic heterocycles. The van der Waals surface area contributed by atoms with Gasteiger partial charge in [-0.3, -0.25) is 0 Å². The fourth-order valence-corrected chi connectivity index (χ4v) is 10.6. The number of hydrogen-bond donors (Lipinski definition) is 0. The van der Waals surface area contributed by atoms with Crippen LogP contribution in [0.1, 0.15) is 125 Å². The van der Waals surface area contributed by atoms with Crippen molar-refractivity contribution in [2.24, 2.45) is 11.8 Å². The van der Waals surface area contributed by atoms with Crippen LogP contribution in [-0.4, -0.2) is 0 Å². The Morgan fingerprint density at radius 2 is 0.188 bits per heavy atom. The van der Waals surface area contributed by atoms with E-state index in [-0.39, 0.29) is 0 Å². The van der Waals surface area contributed by atoms with Crippen molar-refractivity contribution < 1.29 is 0 Å². The maximum Gasteiger partial charge on any atom is -0.00139 e. The molecule has 0 bridgehead atoms. The lowest BCUT2D eigenvalue weighted by molar-refractivity contribution is 0.736. The summed E-state index contributed by atoms with van der Waals surface area (Å²) in [6, 6.07) is 78.6. The van der Waals surface area contributed by atoms with Crippen molar-refractivity contribution >= 4 is 129 Å². The second kappa shape index (κ2) is 31.1. The molecule has 0 fully saturated rings. The normalized spacial score (nSPS) is 10.3. The molecule has 0 saturated heterocycles. The fraction of sp³-hybridized carbons (Fsp3) is 0.250. The smallest absolute Gasteiger partial charge is 0.00139 e. The second-order valence-electron chi connectivity index (χ2n) is 19.7. The van der Waals surface area contributed by atoms with E-state index in [9.17, 15) is 0 Å². The molecule has 16 aromatic carbocycles. The number of benzene rings is 16. The van der Waals surface area contributed by atoms with Gasteiger partial charge in [0, 0.05) is 0 Å². The van der Waals surface area contributed by atoms with E-state index in [0.29, 0.717) is 0 Å². The van der Waals surface area contributed by atoms with Crippen molar-refractivity contribution in [3.05, 3.63) is 218 Å². The van der Waals surface area contributed by atoms with Crippen molar-refractivity contribution in [1.82, 2.24) is 0 Å². The first kappa shape index (κ1) is 63.0. The van der Waals surface area contributed by atoms with E-state index in [0.717, 1.165) is 11.8 Å². The third-order valence-corrected chi connectivity index (χ3v) is 13.1. The van der Waals surface area contributed by atoms with Gasteiger partial charge in [-0.1, -0.05) is 343 Å². The van der Waals surface area contributed by atoms with Crippen LogP contribution in [0.4, 0.5) is 0 Å². The summed E-state index contributed by atoms with van der Waals surface area (Å²) in [6.07, 6.45) is 0. The molecule has 0 saturated carbocycles. The van der Waals surface area contributed by atoms with Crippen LogP contribution < -0.4 is 0 Å². The lowest BCUT2D eigenvalue weighted by Crippen LogP contribution is -1.91. The summed E-state index contributed by atoms with van der Waals surface area (Å²) in [4.78, 5) is 0. The molecule has 80 heavy (non-hydrogen) atoms. The molecular formula is C80H92. The Morgan fingerprint density at radius 1 is 0.138 bits per heavy atom. The zero-order chi connectivity index (χ0) is 58.5. The third-order valence-electron chi connectivity index (χ3n) is 13.1. The molecule has 412 valence electrons. The maximum absolute atomic E-state index is 2.27. The first-order chi connectivity index (χ1) is 39.3. The van der Waals surface area contributed by atoms with E-state index < -0.39 is 0 Å². The Labute approximate surface area is 481 Å². The monoisotopic (exact) mass is 1050 g/mol. The van der Waals surface area contributed by atoms with Gasteiger partial charge in [-0.2, -0.15) is 0 Å². The van der Waals surface area contributed by atoms with Crippen molar-refractivity contribution in [2.75, 3.05) is 0 Å². The molecule has 0 aliphatic carbocycles. The predicted molar refractivity (Wildman–Crippen MR) is 372 cm³/mol. The minimum Gasteiger partial charge on any atom is -0.0683 e. The van der Waals surface area contributed by atoms with Gasteiger partial charge in [-0.25, -0.2) is 0 Å². The Morgan fingerprint density at radius 3 is 0.237 bits per heavy atom. The summed E-state index contributed by atoms with van der Waals surface area (Å²) in [7, 11) is 0. The van der Waals surface area contributed by atoms with Crippen LogP contribution in [0.25, 0.3) is 129 Å². The summed E-state index contributed by atoms with van der Waals surface area (Å²) in [6.45, 7) is 37.0. The Hall–Kier alpha value is -7.80. The molecule has 0 atom stereocenters. The van der Waals surface area contributed by atoms with Crippen LogP contribution in [0.3, 0.4) is 0 Å². The standard InChI is InChI=1S/2C24H12.2C6H6.2C4H10.6C2H6/c2*1-2-14-5-6-16-9-11-18-12-10-17-8-7-15-4-3-13(1)19-20(14)22(16)24(18)23(17)21(15)19;2*1-2-4-6-5-3-1;2*1-4(2)3;6*1-2/h2*1-12H;2*1-6H;2*4H,1-3H3;6*1-2H3. The summed E-state index contributed by atoms with van der Waals surface area (Å²) in [5.74, 6) is 1.67. The van der Waals surface area contributed by atoms with Crippen molar-refractivity contribution in [2.45, 2.75) is 125 Å². The Bertz CT molecular complexity index is 3080. The SMILES string of the molecule is CC.CC.CC.CC.CC.CC.CC(C)C.CC(C)C.c1cc2ccc3ccc4ccc5ccc6ccc1c1c2c3c4c5c61.c1cc2ccc3ccc4ccc5ccc6ccc1c1c2c3c4c5c61.c1ccccc1.c1ccccc1. The van der Waals surface area contributed by atoms with E-state index in [2.05, 4.69) is 187 Å². The first-order valence-corrected chi connectivity index (χ1v) is 30.4. The van der Waals surface area contributed by atoms with Gasteiger partial charge < -0.3 is 0 Å². The van der Waals surface area contributed by atoms with Crippen LogP contribution in [0.15, 0.2) is 218 Å². The van der Waals surface area contributed by atoms with Gasteiger partial charge in [0.1, 0.15) is 0 Å². The highest BCUT2D eigenvalue weighted by molar-refractivity contribution is 6.46. The molecule has 16 aromatic rings. The van der Waals surface area contributed by atoms with Crippen LogP contribution in [0.2, 0.25) is 0 Å². The molecule has 16 rings (SSSR count).